The number of ether oxygens (including phenoxy) is 2. The lowest BCUT2D eigenvalue weighted by Crippen LogP contribution is -2.16. The molecule has 0 aliphatic rings. The number of aromatic amines is 1. The molecular weight excluding hydrogens is 398 g/mol. The van der Waals surface area contributed by atoms with Gasteiger partial charge in [0.15, 0.2) is 17.3 Å². The van der Waals surface area contributed by atoms with Gasteiger partial charge in [-0.15, -0.1) is 0 Å². The molecule has 7 nitrogen and oxygen atoms in total. The van der Waals surface area contributed by atoms with Crippen LogP contribution in [0, 0.1) is 4.77 Å². The van der Waals surface area contributed by atoms with E-state index in [1.54, 1.807) is 23.1 Å². The molecule has 2 aromatic heterocycles. The normalized spacial score (nSPS) is 10.9. The van der Waals surface area contributed by atoms with Crippen molar-refractivity contribution in [2.75, 3.05) is 12.0 Å². The Kier molecular flexibility index (Phi) is 6.53. The standard InChI is InChI=1S/C19H22ClN5O2S/c1-4-26-16-9-14(15(20)10-17(16)27-12(2)3)11-22-25-18(23-24-19(25)28)13-5-7-21-8-6-13/h5-10,12,22H,4,11H2,1-3H3,(H,24,28). The highest BCUT2D eigenvalue weighted by atomic mass is 35.5. The molecule has 0 amide bonds. The second kappa shape index (κ2) is 9.07. The quantitative estimate of drug-likeness (QED) is 0.520. The van der Waals surface area contributed by atoms with Crippen molar-refractivity contribution in [3.8, 4) is 22.9 Å². The maximum absolute atomic E-state index is 6.48. The lowest BCUT2D eigenvalue weighted by Gasteiger charge is -2.17. The summed E-state index contributed by atoms with van der Waals surface area (Å²) in [6.07, 6.45) is 3.43. The van der Waals surface area contributed by atoms with E-state index in [0.29, 0.717) is 40.3 Å². The molecule has 3 rings (SSSR count). The Morgan fingerprint density at radius 2 is 2.00 bits per heavy atom. The molecule has 0 spiro atoms. The van der Waals surface area contributed by atoms with Crippen LogP contribution < -0.4 is 14.9 Å². The first-order valence-corrected chi connectivity index (χ1v) is 9.71. The van der Waals surface area contributed by atoms with Gasteiger partial charge >= 0.3 is 0 Å². The molecule has 0 bridgehead atoms. The molecule has 0 aliphatic heterocycles. The number of hydrogen-bond acceptors (Lipinski definition) is 6. The lowest BCUT2D eigenvalue weighted by atomic mass is 10.2. The highest BCUT2D eigenvalue weighted by molar-refractivity contribution is 7.71. The van der Waals surface area contributed by atoms with Gasteiger partial charge in [0.05, 0.1) is 19.3 Å². The molecular formula is C19H22ClN5O2S. The summed E-state index contributed by atoms with van der Waals surface area (Å²) >= 11 is 11.8. The lowest BCUT2D eigenvalue weighted by molar-refractivity contribution is 0.223. The molecule has 9 heteroatoms. The van der Waals surface area contributed by atoms with Crippen LogP contribution in [-0.4, -0.2) is 32.6 Å². The van der Waals surface area contributed by atoms with Crippen molar-refractivity contribution in [1.29, 1.82) is 0 Å². The predicted molar refractivity (Wildman–Crippen MR) is 112 cm³/mol. The van der Waals surface area contributed by atoms with Crippen LogP contribution in [0.1, 0.15) is 26.3 Å². The molecule has 2 heterocycles. The highest BCUT2D eigenvalue weighted by Gasteiger charge is 2.14. The molecule has 0 atom stereocenters. The zero-order valence-corrected chi connectivity index (χ0v) is 17.5. The number of hydrogen-bond donors (Lipinski definition) is 2. The third-order valence-electron chi connectivity index (χ3n) is 3.81. The van der Waals surface area contributed by atoms with Gasteiger partial charge in [-0.05, 0) is 56.8 Å². The van der Waals surface area contributed by atoms with E-state index < -0.39 is 0 Å². The Morgan fingerprint density at radius 1 is 1.25 bits per heavy atom. The molecule has 3 aromatic rings. The molecule has 1 aromatic carbocycles. The molecule has 148 valence electrons. The van der Waals surface area contributed by atoms with Crippen molar-refractivity contribution in [3.63, 3.8) is 0 Å². The van der Waals surface area contributed by atoms with Gasteiger partial charge in [0.25, 0.3) is 0 Å². The van der Waals surface area contributed by atoms with Crippen LogP contribution in [0.4, 0.5) is 0 Å². The third kappa shape index (κ3) is 4.63. The van der Waals surface area contributed by atoms with Crippen LogP contribution in [0.2, 0.25) is 5.02 Å². The number of nitrogens with one attached hydrogen (secondary N) is 2. The summed E-state index contributed by atoms with van der Waals surface area (Å²) in [7, 11) is 0. The van der Waals surface area contributed by atoms with Gasteiger partial charge in [0.2, 0.25) is 4.77 Å². The van der Waals surface area contributed by atoms with Crippen molar-refractivity contribution in [2.24, 2.45) is 0 Å². The second-order valence-corrected chi connectivity index (χ2v) is 7.04. The molecule has 28 heavy (non-hydrogen) atoms. The number of rotatable bonds is 8. The first kappa shape index (κ1) is 20.2. The summed E-state index contributed by atoms with van der Waals surface area (Å²) in [4.78, 5) is 4.03. The topological polar surface area (TPSA) is 77.0 Å². The molecule has 0 saturated carbocycles. The van der Waals surface area contributed by atoms with Gasteiger partial charge < -0.3 is 14.9 Å². The average molecular weight is 420 g/mol. The number of H-pyrrole nitrogens is 1. The Morgan fingerprint density at radius 3 is 2.68 bits per heavy atom. The largest absolute Gasteiger partial charge is 0.490 e. The van der Waals surface area contributed by atoms with Crippen molar-refractivity contribution >= 4 is 23.8 Å². The fourth-order valence-electron chi connectivity index (χ4n) is 2.63. The first-order chi connectivity index (χ1) is 13.5. The first-order valence-electron chi connectivity index (χ1n) is 8.93. The van der Waals surface area contributed by atoms with E-state index in [9.17, 15) is 0 Å². The molecule has 0 saturated heterocycles. The number of pyridine rings is 1. The minimum Gasteiger partial charge on any atom is -0.490 e. The smallest absolute Gasteiger partial charge is 0.214 e. The fourth-order valence-corrected chi connectivity index (χ4v) is 3.05. The van der Waals surface area contributed by atoms with Gasteiger partial charge in [-0.2, -0.15) is 5.10 Å². The molecule has 0 aliphatic carbocycles. The number of halogens is 1. The number of nitrogens with zero attached hydrogens (tertiary/aromatic N) is 3. The highest BCUT2D eigenvalue weighted by Crippen LogP contribution is 2.34. The Bertz CT molecular complexity index is 988. The summed E-state index contributed by atoms with van der Waals surface area (Å²) in [5, 5.41) is 7.67. The third-order valence-corrected chi connectivity index (χ3v) is 4.44. The fraction of sp³-hybridized carbons (Fsp3) is 0.316. The van der Waals surface area contributed by atoms with E-state index in [1.807, 2.05) is 39.0 Å². The van der Waals surface area contributed by atoms with Gasteiger partial charge in [-0.25, -0.2) is 9.77 Å². The molecule has 0 fully saturated rings. The minimum atomic E-state index is 0.0198. The van der Waals surface area contributed by atoms with Gasteiger partial charge in [0, 0.05) is 29.0 Å². The van der Waals surface area contributed by atoms with E-state index in [0.717, 1.165) is 11.1 Å². The van der Waals surface area contributed by atoms with E-state index in [2.05, 4.69) is 20.6 Å². The Labute approximate surface area is 173 Å². The maximum Gasteiger partial charge on any atom is 0.214 e. The van der Waals surface area contributed by atoms with Crippen LogP contribution in [-0.2, 0) is 6.54 Å². The molecule has 0 unspecified atom stereocenters. The summed E-state index contributed by atoms with van der Waals surface area (Å²) < 4.78 is 13.7. The van der Waals surface area contributed by atoms with Crippen LogP contribution in [0.25, 0.3) is 11.4 Å². The SMILES string of the molecule is CCOc1cc(CNn2c(-c3ccncc3)n[nH]c2=S)c(Cl)cc1OC(C)C. The Hall–Kier alpha value is -2.58. The van der Waals surface area contributed by atoms with Crippen LogP contribution in [0.3, 0.4) is 0 Å². The Balaban J connectivity index is 1.86. The van der Waals surface area contributed by atoms with E-state index in [1.165, 1.54) is 0 Å². The predicted octanol–water partition coefficient (Wildman–Crippen LogP) is 4.59. The van der Waals surface area contributed by atoms with Gasteiger partial charge in [-0.1, -0.05) is 11.6 Å². The van der Waals surface area contributed by atoms with Crippen molar-refractivity contribution in [2.45, 2.75) is 33.4 Å². The maximum atomic E-state index is 6.48. The number of benzene rings is 1. The van der Waals surface area contributed by atoms with Crippen LogP contribution in [0.15, 0.2) is 36.7 Å². The van der Waals surface area contributed by atoms with Crippen molar-refractivity contribution in [3.05, 3.63) is 52.0 Å². The van der Waals surface area contributed by atoms with E-state index in [4.69, 9.17) is 33.3 Å². The molecule has 2 N–H and O–H groups in total. The zero-order valence-electron chi connectivity index (χ0n) is 15.9. The van der Waals surface area contributed by atoms with Gasteiger partial charge in [0.1, 0.15) is 0 Å². The number of aromatic nitrogens is 4. The van der Waals surface area contributed by atoms with Crippen molar-refractivity contribution in [1.82, 2.24) is 19.9 Å². The second-order valence-electron chi connectivity index (χ2n) is 6.25. The monoisotopic (exact) mass is 419 g/mol. The van der Waals surface area contributed by atoms with Crippen molar-refractivity contribution < 1.29 is 9.47 Å². The minimum absolute atomic E-state index is 0.0198. The summed E-state index contributed by atoms with van der Waals surface area (Å²) in [6.45, 7) is 6.80. The summed E-state index contributed by atoms with van der Waals surface area (Å²) in [6, 6.07) is 7.39. The average Bonchev–Trinajstić information content (AvgIpc) is 3.04. The molecule has 0 radical (unpaired) electrons. The summed E-state index contributed by atoms with van der Waals surface area (Å²) in [5.74, 6) is 1.94. The summed E-state index contributed by atoms with van der Waals surface area (Å²) in [5.41, 5.74) is 5.00. The van der Waals surface area contributed by atoms with E-state index in [-0.39, 0.29) is 6.10 Å². The van der Waals surface area contributed by atoms with E-state index >= 15 is 0 Å². The zero-order chi connectivity index (χ0) is 20.1. The van der Waals surface area contributed by atoms with Gasteiger partial charge in [-0.3, -0.25) is 4.98 Å². The van der Waals surface area contributed by atoms with Crippen LogP contribution >= 0.6 is 23.8 Å². The van der Waals surface area contributed by atoms with Crippen LogP contribution in [0.5, 0.6) is 11.5 Å².